The number of carbonyl (C=O) groups excluding carboxylic acids is 1. The fourth-order valence-corrected chi connectivity index (χ4v) is 2.15. The summed E-state index contributed by atoms with van der Waals surface area (Å²) in [6.07, 6.45) is 1.63. The molecule has 108 valence electrons. The highest BCUT2D eigenvalue weighted by Gasteiger charge is 2.02. The van der Waals surface area contributed by atoms with E-state index in [0.717, 1.165) is 10.9 Å². The summed E-state index contributed by atoms with van der Waals surface area (Å²) in [7, 11) is 0. The lowest BCUT2D eigenvalue weighted by Gasteiger charge is -2.01. The minimum Gasteiger partial charge on any atom is -0.399 e. The zero-order valence-corrected chi connectivity index (χ0v) is 11.9. The Labute approximate surface area is 128 Å². The van der Waals surface area contributed by atoms with Crippen molar-refractivity contribution in [2.75, 3.05) is 5.73 Å². The van der Waals surface area contributed by atoms with Gasteiger partial charge in [-0.05, 0) is 46.7 Å². The van der Waals surface area contributed by atoms with Gasteiger partial charge in [-0.1, -0.05) is 36.4 Å². The smallest absolute Gasteiger partial charge is 0.271 e. The molecule has 4 heteroatoms. The largest absolute Gasteiger partial charge is 0.399 e. The molecular formula is C18H15N3O. The van der Waals surface area contributed by atoms with E-state index in [9.17, 15) is 4.79 Å². The van der Waals surface area contributed by atoms with E-state index in [0.29, 0.717) is 11.3 Å². The van der Waals surface area contributed by atoms with Crippen LogP contribution in [-0.2, 0) is 0 Å². The van der Waals surface area contributed by atoms with Crippen molar-refractivity contribution in [1.82, 2.24) is 5.43 Å². The minimum absolute atomic E-state index is 0.267. The van der Waals surface area contributed by atoms with Crippen LogP contribution in [0.1, 0.15) is 15.9 Å². The Hall–Kier alpha value is -3.14. The summed E-state index contributed by atoms with van der Waals surface area (Å²) in [5, 5.41) is 6.30. The summed E-state index contributed by atoms with van der Waals surface area (Å²) in [6, 6.07) is 20.8. The van der Waals surface area contributed by atoms with Gasteiger partial charge in [0.05, 0.1) is 6.21 Å². The first-order valence-corrected chi connectivity index (χ1v) is 6.90. The molecule has 3 rings (SSSR count). The van der Waals surface area contributed by atoms with E-state index in [1.807, 2.05) is 36.4 Å². The van der Waals surface area contributed by atoms with E-state index in [1.165, 1.54) is 5.39 Å². The van der Waals surface area contributed by atoms with Crippen molar-refractivity contribution >= 4 is 28.6 Å². The molecule has 0 spiro atoms. The number of rotatable bonds is 3. The van der Waals surface area contributed by atoms with Crippen LogP contribution in [0.3, 0.4) is 0 Å². The molecule has 0 aliphatic rings. The van der Waals surface area contributed by atoms with Gasteiger partial charge in [-0.2, -0.15) is 5.10 Å². The topological polar surface area (TPSA) is 67.5 Å². The summed E-state index contributed by atoms with van der Waals surface area (Å²) >= 11 is 0. The molecule has 0 heterocycles. The predicted octanol–water partition coefficient (Wildman–Crippen LogP) is 3.19. The summed E-state index contributed by atoms with van der Waals surface area (Å²) in [5.74, 6) is -0.267. The van der Waals surface area contributed by atoms with Gasteiger partial charge in [0, 0.05) is 11.3 Å². The standard InChI is InChI=1S/C18H15N3O/c19-17-9-7-15(8-10-17)18(22)21-20-12-13-5-6-14-3-1-2-4-16(14)11-13/h1-12H,19H2,(H,21,22)/b20-12-. The minimum atomic E-state index is -0.267. The lowest BCUT2D eigenvalue weighted by molar-refractivity contribution is 0.0955. The van der Waals surface area contributed by atoms with Gasteiger partial charge in [0.1, 0.15) is 0 Å². The van der Waals surface area contributed by atoms with Crippen molar-refractivity contribution in [3.05, 3.63) is 77.9 Å². The zero-order valence-electron chi connectivity index (χ0n) is 11.9. The predicted molar refractivity (Wildman–Crippen MR) is 89.9 cm³/mol. The normalized spacial score (nSPS) is 10.9. The Balaban J connectivity index is 1.70. The Morgan fingerprint density at radius 1 is 0.955 bits per heavy atom. The van der Waals surface area contributed by atoms with Crippen LogP contribution in [0.2, 0.25) is 0 Å². The molecule has 0 saturated carbocycles. The van der Waals surface area contributed by atoms with Crippen LogP contribution >= 0.6 is 0 Å². The van der Waals surface area contributed by atoms with Gasteiger partial charge in [0.25, 0.3) is 5.91 Å². The Morgan fingerprint density at radius 2 is 1.68 bits per heavy atom. The van der Waals surface area contributed by atoms with Crippen LogP contribution in [0.15, 0.2) is 71.8 Å². The first kappa shape index (κ1) is 13.8. The Morgan fingerprint density at radius 3 is 2.45 bits per heavy atom. The molecule has 0 aliphatic carbocycles. The maximum Gasteiger partial charge on any atom is 0.271 e. The van der Waals surface area contributed by atoms with Gasteiger partial charge < -0.3 is 5.73 Å². The van der Waals surface area contributed by atoms with Gasteiger partial charge >= 0.3 is 0 Å². The Bertz CT molecular complexity index is 838. The van der Waals surface area contributed by atoms with Gasteiger partial charge in [0.2, 0.25) is 0 Å². The molecule has 0 aromatic heterocycles. The molecular weight excluding hydrogens is 274 g/mol. The average molecular weight is 289 g/mol. The SMILES string of the molecule is Nc1ccc(C(=O)N/N=C\c2ccc3ccccc3c2)cc1. The van der Waals surface area contributed by atoms with Gasteiger partial charge in [-0.25, -0.2) is 5.43 Å². The van der Waals surface area contributed by atoms with Crippen LogP contribution in [0.4, 0.5) is 5.69 Å². The lowest BCUT2D eigenvalue weighted by Crippen LogP contribution is -2.17. The van der Waals surface area contributed by atoms with Crippen molar-refractivity contribution in [1.29, 1.82) is 0 Å². The molecule has 0 fully saturated rings. The number of anilines is 1. The Kier molecular flexibility index (Phi) is 3.83. The van der Waals surface area contributed by atoms with Crippen molar-refractivity contribution in [2.24, 2.45) is 5.10 Å². The first-order chi connectivity index (χ1) is 10.7. The van der Waals surface area contributed by atoms with E-state index in [2.05, 4.69) is 16.6 Å². The van der Waals surface area contributed by atoms with Crippen LogP contribution < -0.4 is 11.2 Å². The maximum atomic E-state index is 11.9. The molecule has 3 N–H and O–H groups in total. The monoisotopic (exact) mass is 289 g/mol. The molecule has 0 atom stereocenters. The zero-order chi connectivity index (χ0) is 15.4. The fourth-order valence-electron chi connectivity index (χ4n) is 2.15. The molecule has 3 aromatic rings. The van der Waals surface area contributed by atoms with Crippen molar-refractivity contribution < 1.29 is 4.79 Å². The number of hydrogen-bond acceptors (Lipinski definition) is 3. The molecule has 0 radical (unpaired) electrons. The highest BCUT2D eigenvalue weighted by atomic mass is 16.2. The van der Waals surface area contributed by atoms with Gasteiger partial charge in [-0.15, -0.1) is 0 Å². The third-order valence-corrected chi connectivity index (χ3v) is 3.33. The van der Waals surface area contributed by atoms with E-state index in [1.54, 1.807) is 30.5 Å². The molecule has 1 amide bonds. The summed E-state index contributed by atoms with van der Waals surface area (Å²) in [4.78, 5) is 11.9. The summed E-state index contributed by atoms with van der Waals surface area (Å²) < 4.78 is 0. The van der Waals surface area contributed by atoms with E-state index in [-0.39, 0.29) is 5.91 Å². The van der Waals surface area contributed by atoms with Crippen molar-refractivity contribution in [3.63, 3.8) is 0 Å². The average Bonchev–Trinajstić information content (AvgIpc) is 2.55. The number of amides is 1. The summed E-state index contributed by atoms with van der Waals surface area (Å²) in [6.45, 7) is 0. The molecule has 4 nitrogen and oxygen atoms in total. The van der Waals surface area contributed by atoms with Crippen LogP contribution in [0.25, 0.3) is 10.8 Å². The fraction of sp³-hybridized carbons (Fsp3) is 0. The van der Waals surface area contributed by atoms with E-state index in [4.69, 9.17) is 5.73 Å². The molecule has 3 aromatic carbocycles. The van der Waals surface area contributed by atoms with Crippen LogP contribution in [0, 0.1) is 0 Å². The second-order valence-electron chi connectivity index (χ2n) is 4.93. The molecule has 0 aliphatic heterocycles. The molecule has 0 unspecified atom stereocenters. The number of nitrogens with zero attached hydrogens (tertiary/aromatic N) is 1. The van der Waals surface area contributed by atoms with Crippen molar-refractivity contribution in [2.45, 2.75) is 0 Å². The third kappa shape index (κ3) is 3.12. The second-order valence-corrected chi connectivity index (χ2v) is 4.93. The second kappa shape index (κ2) is 6.10. The number of nitrogen functional groups attached to an aromatic ring is 1. The lowest BCUT2D eigenvalue weighted by atomic mass is 10.1. The number of hydrazone groups is 1. The van der Waals surface area contributed by atoms with E-state index < -0.39 is 0 Å². The quantitative estimate of drug-likeness (QED) is 0.442. The highest BCUT2D eigenvalue weighted by molar-refractivity contribution is 5.95. The number of nitrogens with two attached hydrogens (primary N) is 1. The van der Waals surface area contributed by atoms with Crippen LogP contribution in [0.5, 0.6) is 0 Å². The number of benzene rings is 3. The number of nitrogens with one attached hydrogen (secondary N) is 1. The number of carbonyl (C=O) groups is 1. The maximum absolute atomic E-state index is 11.9. The molecule has 0 saturated heterocycles. The van der Waals surface area contributed by atoms with Gasteiger partial charge in [-0.3, -0.25) is 4.79 Å². The molecule has 22 heavy (non-hydrogen) atoms. The third-order valence-electron chi connectivity index (χ3n) is 3.33. The molecule has 0 bridgehead atoms. The van der Waals surface area contributed by atoms with Gasteiger partial charge in [0.15, 0.2) is 0 Å². The highest BCUT2D eigenvalue weighted by Crippen LogP contribution is 2.14. The number of hydrogen-bond donors (Lipinski definition) is 2. The summed E-state index contributed by atoms with van der Waals surface area (Å²) in [5.41, 5.74) is 10.2. The first-order valence-electron chi connectivity index (χ1n) is 6.90. The van der Waals surface area contributed by atoms with E-state index >= 15 is 0 Å². The van der Waals surface area contributed by atoms with Crippen molar-refractivity contribution in [3.8, 4) is 0 Å². The number of fused-ring (bicyclic) bond motifs is 1. The van der Waals surface area contributed by atoms with Crippen LogP contribution in [-0.4, -0.2) is 12.1 Å².